The number of nitrogens with two attached hydrogens (primary N) is 1. The highest BCUT2D eigenvalue weighted by molar-refractivity contribution is 6.36. The zero-order valence-corrected chi connectivity index (χ0v) is 24.0. The Morgan fingerprint density at radius 1 is 0.902 bits per heavy atom. The lowest BCUT2D eigenvalue weighted by atomic mass is 10.0. The highest BCUT2D eigenvalue weighted by atomic mass is 35.5. The van der Waals surface area contributed by atoms with Gasteiger partial charge in [0.15, 0.2) is 0 Å². The summed E-state index contributed by atoms with van der Waals surface area (Å²) in [5.41, 5.74) is 11.3. The van der Waals surface area contributed by atoms with E-state index in [2.05, 4.69) is 35.8 Å². The average molecular weight is 585 g/mol. The molecule has 5 aromatic rings. The molecule has 0 spiro atoms. The topological polar surface area (TPSA) is 79.4 Å². The Kier molecular flexibility index (Phi) is 8.43. The number of hydrogen-bond acceptors (Lipinski definition) is 5. The molecule has 2 N–H and O–H groups in total. The molecule has 0 aliphatic carbocycles. The fraction of sp³-hybridized carbons (Fsp3) is 0.0909. The molecule has 0 aliphatic heterocycles. The molecular formula is C33H27Cl2N3O3. The molecule has 0 atom stereocenters. The molecule has 0 unspecified atom stereocenters. The monoisotopic (exact) mass is 583 g/mol. The highest BCUT2D eigenvalue weighted by Crippen LogP contribution is 2.31. The summed E-state index contributed by atoms with van der Waals surface area (Å²) in [7, 11) is 1.31. The van der Waals surface area contributed by atoms with Crippen LogP contribution >= 0.6 is 23.2 Å². The minimum atomic E-state index is -0.509. The first-order valence-electron chi connectivity index (χ1n) is 12.9. The minimum absolute atomic E-state index is 0.265. The number of benzene rings is 4. The molecule has 41 heavy (non-hydrogen) atoms. The molecular weight excluding hydrogens is 557 g/mol. The molecule has 206 valence electrons. The maximum Gasteiger partial charge on any atom is 0.340 e. The Bertz CT molecular complexity index is 1730. The van der Waals surface area contributed by atoms with E-state index in [0.717, 1.165) is 40.3 Å². The van der Waals surface area contributed by atoms with Crippen molar-refractivity contribution >= 4 is 47.0 Å². The first-order chi connectivity index (χ1) is 19.8. The van der Waals surface area contributed by atoms with Gasteiger partial charge < -0.3 is 19.8 Å². The van der Waals surface area contributed by atoms with Crippen molar-refractivity contribution in [3.63, 3.8) is 0 Å². The standard InChI is InChI=1S/C33H27Cl2N3O3/c1-3-38-20-31(27-15-11-24(34)18-29(27)35)37-32(38)17-6-21-4-7-22(8-5-21)23-9-12-25(13-10-23)41-26-14-16-30(36)28(19-26)33(39)40-2/h4-20H,3,36H2,1-2H3. The van der Waals surface area contributed by atoms with E-state index in [0.29, 0.717) is 27.2 Å². The van der Waals surface area contributed by atoms with E-state index >= 15 is 0 Å². The molecule has 1 heterocycles. The van der Waals surface area contributed by atoms with Gasteiger partial charge in [-0.15, -0.1) is 0 Å². The number of anilines is 1. The van der Waals surface area contributed by atoms with Crippen LogP contribution in [-0.4, -0.2) is 22.6 Å². The third kappa shape index (κ3) is 6.46. The van der Waals surface area contributed by atoms with Gasteiger partial charge in [-0.3, -0.25) is 0 Å². The number of halogens is 2. The lowest BCUT2D eigenvalue weighted by molar-refractivity contribution is 0.0601. The number of carbonyl (C=O) groups is 1. The first-order valence-corrected chi connectivity index (χ1v) is 13.7. The number of nitrogens with zero attached hydrogens (tertiary/aromatic N) is 2. The number of ether oxygens (including phenoxy) is 2. The summed E-state index contributed by atoms with van der Waals surface area (Å²) in [4.78, 5) is 16.7. The zero-order chi connectivity index (χ0) is 28.9. The van der Waals surface area contributed by atoms with Gasteiger partial charge in [-0.25, -0.2) is 9.78 Å². The van der Waals surface area contributed by atoms with Crippen LogP contribution in [0.4, 0.5) is 5.69 Å². The number of methoxy groups -OCH3 is 1. The lowest BCUT2D eigenvalue weighted by Crippen LogP contribution is -2.05. The van der Waals surface area contributed by atoms with Gasteiger partial charge in [0.25, 0.3) is 0 Å². The molecule has 0 amide bonds. The summed E-state index contributed by atoms with van der Waals surface area (Å²) in [6.45, 7) is 2.86. The molecule has 1 aromatic heterocycles. The lowest BCUT2D eigenvalue weighted by Gasteiger charge is -2.10. The van der Waals surface area contributed by atoms with Gasteiger partial charge in [0.05, 0.1) is 23.4 Å². The SMILES string of the molecule is CCn1cc(-c2ccc(Cl)cc2Cl)nc1C=Cc1ccc(-c2ccc(Oc3ccc(N)c(C(=O)OC)c3)cc2)cc1. The van der Waals surface area contributed by atoms with Crippen LogP contribution in [0.1, 0.15) is 28.7 Å². The maximum atomic E-state index is 11.9. The van der Waals surface area contributed by atoms with Gasteiger partial charge in [0.1, 0.15) is 17.3 Å². The van der Waals surface area contributed by atoms with Crippen molar-refractivity contribution in [1.29, 1.82) is 0 Å². The predicted octanol–water partition coefficient (Wildman–Crippen LogP) is 8.88. The summed E-state index contributed by atoms with van der Waals surface area (Å²) in [5, 5.41) is 1.16. The summed E-state index contributed by atoms with van der Waals surface area (Å²) < 4.78 is 12.8. The van der Waals surface area contributed by atoms with Crippen LogP contribution in [0.15, 0.2) is 91.1 Å². The van der Waals surface area contributed by atoms with Crippen molar-refractivity contribution in [2.75, 3.05) is 12.8 Å². The van der Waals surface area contributed by atoms with Gasteiger partial charge >= 0.3 is 5.97 Å². The Labute approximate surface area is 248 Å². The average Bonchev–Trinajstić information content (AvgIpc) is 3.40. The summed E-state index contributed by atoms with van der Waals surface area (Å²) in [6.07, 6.45) is 6.04. The Morgan fingerprint density at radius 2 is 1.59 bits per heavy atom. The summed E-state index contributed by atoms with van der Waals surface area (Å²) >= 11 is 12.5. The molecule has 0 bridgehead atoms. The second-order valence-electron chi connectivity index (χ2n) is 9.22. The van der Waals surface area contributed by atoms with Gasteiger partial charge in [-0.1, -0.05) is 65.7 Å². The van der Waals surface area contributed by atoms with Gasteiger partial charge in [0, 0.05) is 29.0 Å². The van der Waals surface area contributed by atoms with Crippen LogP contribution in [0.5, 0.6) is 11.5 Å². The van der Waals surface area contributed by atoms with E-state index in [4.69, 9.17) is 43.4 Å². The van der Waals surface area contributed by atoms with Gasteiger partial charge in [-0.2, -0.15) is 0 Å². The summed E-state index contributed by atoms with van der Waals surface area (Å²) in [6, 6.07) is 26.3. The minimum Gasteiger partial charge on any atom is -0.465 e. The fourth-order valence-electron chi connectivity index (χ4n) is 4.34. The molecule has 8 heteroatoms. The third-order valence-electron chi connectivity index (χ3n) is 6.54. The molecule has 5 rings (SSSR count). The zero-order valence-electron chi connectivity index (χ0n) is 22.5. The highest BCUT2D eigenvalue weighted by Gasteiger charge is 2.12. The van der Waals surface area contributed by atoms with Crippen LogP contribution in [0.3, 0.4) is 0 Å². The van der Waals surface area contributed by atoms with E-state index in [1.807, 2.05) is 54.7 Å². The number of imidazole rings is 1. The number of carbonyl (C=O) groups excluding carboxylic acids is 1. The van der Waals surface area contributed by atoms with Crippen molar-refractivity contribution in [2.24, 2.45) is 0 Å². The van der Waals surface area contributed by atoms with Crippen molar-refractivity contribution in [3.8, 4) is 33.9 Å². The van der Waals surface area contributed by atoms with E-state index in [-0.39, 0.29) is 5.56 Å². The largest absolute Gasteiger partial charge is 0.465 e. The Balaban J connectivity index is 1.28. The molecule has 0 fully saturated rings. The van der Waals surface area contributed by atoms with Gasteiger partial charge in [-0.05, 0) is 78.2 Å². The van der Waals surface area contributed by atoms with Crippen LogP contribution in [0, 0.1) is 0 Å². The predicted molar refractivity (Wildman–Crippen MR) is 166 cm³/mol. The van der Waals surface area contributed by atoms with E-state index < -0.39 is 5.97 Å². The maximum absolute atomic E-state index is 11.9. The van der Waals surface area contributed by atoms with Crippen LogP contribution < -0.4 is 10.5 Å². The number of esters is 1. The number of aromatic nitrogens is 2. The summed E-state index contributed by atoms with van der Waals surface area (Å²) in [5.74, 6) is 1.47. The fourth-order valence-corrected chi connectivity index (χ4v) is 4.84. The van der Waals surface area contributed by atoms with Crippen LogP contribution in [0.25, 0.3) is 34.5 Å². The Morgan fingerprint density at radius 3 is 2.24 bits per heavy atom. The molecule has 0 aliphatic rings. The van der Waals surface area contributed by atoms with Gasteiger partial charge in [0.2, 0.25) is 0 Å². The normalized spacial score (nSPS) is 11.1. The molecule has 0 radical (unpaired) electrons. The van der Waals surface area contributed by atoms with Crippen LogP contribution in [0.2, 0.25) is 10.0 Å². The second kappa shape index (κ2) is 12.3. The first kappa shape index (κ1) is 28.0. The Hall–Kier alpha value is -4.52. The van der Waals surface area contributed by atoms with Crippen molar-refractivity contribution in [1.82, 2.24) is 9.55 Å². The van der Waals surface area contributed by atoms with E-state index in [1.165, 1.54) is 7.11 Å². The number of rotatable bonds is 8. The van der Waals surface area contributed by atoms with Crippen LogP contribution in [-0.2, 0) is 11.3 Å². The van der Waals surface area contributed by atoms with E-state index in [1.54, 1.807) is 24.3 Å². The van der Waals surface area contributed by atoms with Crippen molar-refractivity contribution < 1.29 is 14.3 Å². The van der Waals surface area contributed by atoms with Crippen molar-refractivity contribution in [2.45, 2.75) is 13.5 Å². The molecule has 6 nitrogen and oxygen atoms in total. The number of aryl methyl sites for hydroxylation is 1. The molecule has 4 aromatic carbocycles. The quantitative estimate of drug-likeness (QED) is 0.146. The smallest absolute Gasteiger partial charge is 0.340 e. The molecule has 0 saturated carbocycles. The molecule has 0 saturated heterocycles. The van der Waals surface area contributed by atoms with E-state index in [9.17, 15) is 4.79 Å². The second-order valence-corrected chi connectivity index (χ2v) is 10.1. The van der Waals surface area contributed by atoms with Crippen molar-refractivity contribution in [3.05, 3.63) is 118 Å². The number of hydrogen-bond donors (Lipinski definition) is 1. The number of nitrogen functional groups attached to an aromatic ring is 1. The third-order valence-corrected chi connectivity index (χ3v) is 7.09.